The van der Waals surface area contributed by atoms with Gasteiger partial charge in [-0.1, -0.05) is 30.3 Å². The molecule has 3 atom stereocenters. The lowest BCUT2D eigenvalue weighted by atomic mass is 9.77. The molecule has 1 aliphatic rings. The number of nitrogens with zero attached hydrogens (tertiary/aromatic N) is 2. The van der Waals surface area contributed by atoms with Crippen LogP contribution in [0.4, 0.5) is 0 Å². The Morgan fingerprint density at radius 1 is 1.17 bits per heavy atom. The fraction of sp³-hybridized carbons (Fsp3) is 0.368. The number of pyridine rings is 1. The lowest BCUT2D eigenvalue weighted by Crippen LogP contribution is -2.65. The maximum atomic E-state index is 12.7. The van der Waals surface area contributed by atoms with Crippen LogP contribution in [0, 0.1) is 0 Å². The molecule has 1 aromatic heterocycles. The van der Waals surface area contributed by atoms with Gasteiger partial charge in [-0.25, -0.2) is 0 Å². The van der Waals surface area contributed by atoms with E-state index in [2.05, 4.69) is 22.4 Å². The predicted octanol–water partition coefficient (Wildman–Crippen LogP) is 1.66. The van der Waals surface area contributed by atoms with Gasteiger partial charge in [0.05, 0.1) is 6.61 Å². The SMILES string of the molecule is CCN(C[C@@H]1N[C@@H](CO)[C@@H]1c1ccccc1)C(=O)c1ccncc1. The molecule has 0 radical (unpaired) electrons. The Bertz CT molecular complexity index is 663. The average Bonchev–Trinajstić information content (AvgIpc) is 2.62. The largest absolute Gasteiger partial charge is 0.395 e. The summed E-state index contributed by atoms with van der Waals surface area (Å²) in [5.74, 6) is 0.233. The Kier molecular flexibility index (Phi) is 5.23. The molecule has 1 fully saturated rings. The van der Waals surface area contributed by atoms with E-state index in [0.29, 0.717) is 18.7 Å². The molecule has 2 N–H and O–H groups in total. The Morgan fingerprint density at radius 3 is 2.50 bits per heavy atom. The van der Waals surface area contributed by atoms with Crippen molar-refractivity contribution in [3.8, 4) is 0 Å². The van der Waals surface area contributed by atoms with Crippen molar-refractivity contribution < 1.29 is 9.90 Å². The van der Waals surface area contributed by atoms with E-state index >= 15 is 0 Å². The average molecular weight is 325 g/mol. The van der Waals surface area contributed by atoms with Crippen molar-refractivity contribution in [1.29, 1.82) is 0 Å². The summed E-state index contributed by atoms with van der Waals surface area (Å²) in [7, 11) is 0. The molecule has 126 valence electrons. The van der Waals surface area contributed by atoms with E-state index < -0.39 is 0 Å². The molecular formula is C19H23N3O2. The van der Waals surface area contributed by atoms with Gasteiger partial charge in [0.1, 0.15) is 0 Å². The van der Waals surface area contributed by atoms with Crippen LogP contribution in [0.25, 0.3) is 0 Å². The highest BCUT2D eigenvalue weighted by atomic mass is 16.3. The van der Waals surface area contributed by atoms with Crippen LogP contribution in [-0.2, 0) is 0 Å². The first kappa shape index (κ1) is 16.6. The van der Waals surface area contributed by atoms with Crippen molar-refractivity contribution in [1.82, 2.24) is 15.2 Å². The molecule has 0 aliphatic carbocycles. The number of likely N-dealkylation sites (N-methyl/N-ethyl adjacent to an activating group) is 1. The third kappa shape index (κ3) is 3.32. The standard InChI is InChI=1S/C19H23N3O2/c1-2-22(19(24)15-8-10-20-11-9-15)12-16-18(17(13-23)21-16)14-6-4-3-5-7-14/h3-11,16-18,21,23H,2,12-13H2,1H3/t16-,17-,18+/m0/s1. The lowest BCUT2D eigenvalue weighted by Gasteiger charge is -2.47. The van der Waals surface area contributed by atoms with Crippen LogP contribution >= 0.6 is 0 Å². The molecule has 2 aromatic rings. The zero-order chi connectivity index (χ0) is 16.9. The second kappa shape index (κ2) is 7.55. The van der Waals surface area contributed by atoms with Crippen LogP contribution in [0.5, 0.6) is 0 Å². The van der Waals surface area contributed by atoms with Crippen LogP contribution in [0.3, 0.4) is 0 Å². The van der Waals surface area contributed by atoms with E-state index in [9.17, 15) is 9.90 Å². The quantitative estimate of drug-likeness (QED) is 0.848. The maximum Gasteiger partial charge on any atom is 0.254 e. The third-order valence-corrected chi connectivity index (χ3v) is 4.69. The molecule has 1 amide bonds. The molecule has 5 heteroatoms. The summed E-state index contributed by atoms with van der Waals surface area (Å²) in [4.78, 5) is 18.5. The van der Waals surface area contributed by atoms with Gasteiger partial charge in [0.2, 0.25) is 0 Å². The summed E-state index contributed by atoms with van der Waals surface area (Å²) in [6, 6.07) is 13.9. The molecule has 5 nitrogen and oxygen atoms in total. The number of carbonyl (C=O) groups is 1. The Balaban J connectivity index is 1.72. The number of hydrogen-bond donors (Lipinski definition) is 2. The van der Waals surface area contributed by atoms with Crippen molar-refractivity contribution in [3.05, 3.63) is 66.0 Å². The highest BCUT2D eigenvalue weighted by molar-refractivity contribution is 5.94. The molecule has 3 rings (SSSR count). The Morgan fingerprint density at radius 2 is 1.88 bits per heavy atom. The van der Waals surface area contributed by atoms with Gasteiger partial charge in [0.25, 0.3) is 5.91 Å². The normalized spacial score (nSPS) is 22.7. The van der Waals surface area contributed by atoms with Crippen molar-refractivity contribution in [2.45, 2.75) is 24.9 Å². The minimum atomic E-state index is 0.0148. The summed E-state index contributed by atoms with van der Waals surface area (Å²) < 4.78 is 0. The fourth-order valence-corrected chi connectivity index (χ4v) is 3.39. The highest BCUT2D eigenvalue weighted by Gasteiger charge is 2.41. The van der Waals surface area contributed by atoms with E-state index in [-0.39, 0.29) is 30.5 Å². The Hall–Kier alpha value is -2.24. The third-order valence-electron chi connectivity index (χ3n) is 4.69. The highest BCUT2D eigenvalue weighted by Crippen LogP contribution is 2.32. The van der Waals surface area contributed by atoms with Gasteiger partial charge in [-0.2, -0.15) is 0 Å². The Labute approximate surface area is 142 Å². The van der Waals surface area contributed by atoms with Crippen LogP contribution in [0.2, 0.25) is 0 Å². The van der Waals surface area contributed by atoms with Crippen molar-refractivity contribution in [2.75, 3.05) is 19.7 Å². The smallest absolute Gasteiger partial charge is 0.254 e. The van der Waals surface area contributed by atoms with Crippen LogP contribution < -0.4 is 5.32 Å². The second-order valence-electron chi connectivity index (χ2n) is 6.08. The first-order chi connectivity index (χ1) is 11.7. The summed E-state index contributed by atoms with van der Waals surface area (Å²) in [6.45, 7) is 3.34. The number of rotatable bonds is 6. The molecule has 0 bridgehead atoms. The molecule has 24 heavy (non-hydrogen) atoms. The van der Waals surface area contributed by atoms with Gasteiger partial charge in [0, 0.05) is 49.0 Å². The number of aliphatic hydroxyl groups is 1. The van der Waals surface area contributed by atoms with Crippen LogP contribution in [0.1, 0.15) is 28.8 Å². The minimum Gasteiger partial charge on any atom is -0.395 e. The first-order valence-corrected chi connectivity index (χ1v) is 8.35. The van der Waals surface area contributed by atoms with E-state index in [1.165, 1.54) is 5.56 Å². The van der Waals surface area contributed by atoms with E-state index in [0.717, 1.165) is 0 Å². The maximum absolute atomic E-state index is 12.7. The van der Waals surface area contributed by atoms with E-state index in [1.807, 2.05) is 30.0 Å². The number of amides is 1. The number of benzene rings is 1. The van der Waals surface area contributed by atoms with Crippen molar-refractivity contribution >= 4 is 5.91 Å². The van der Waals surface area contributed by atoms with E-state index in [1.54, 1.807) is 24.5 Å². The molecule has 0 unspecified atom stereocenters. The van der Waals surface area contributed by atoms with Gasteiger partial charge >= 0.3 is 0 Å². The lowest BCUT2D eigenvalue weighted by molar-refractivity contribution is 0.0641. The molecule has 2 heterocycles. The number of carbonyl (C=O) groups excluding carboxylic acids is 1. The van der Waals surface area contributed by atoms with Crippen LogP contribution in [-0.4, -0.2) is 52.7 Å². The minimum absolute atomic E-state index is 0.0148. The second-order valence-corrected chi connectivity index (χ2v) is 6.08. The van der Waals surface area contributed by atoms with Crippen molar-refractivity contribution in [3.63, 3.8) is 0 Å². The van der Waals surface area contributed by atoms with Gasteiger partial charge in [-0.15, -0.1) is 0 Å². The summed E-state index contributed by atoms with van der Waals surface area (Å²) in [5.41, 5.74) is 1.86. The van der Waals surface area contributed by atoms with Gasteiger partial charge in [0.15, 0.2) is 0 Å². The molecule has 1 saturated heterocycles. The number of aromatic nitrogens is 1. The van der Waals surface area contributed by atoms with Gasteiger partial charge in [-0.3, -0.25) is 9.78 Å². The summed E-state index contributed by atoms with van der Waals surface area (Å²) in [6.07, 6.45) is 3.27. The monoisotopic (exact) mass is 325 g/mol. The van der Waals surface area contributed by atoms with Gasteiger partial charge < -0.3 is 15.3 Å². The molecular weight excluding hydrogens is 302 g/mol. The van der Waals surface area contributed by atoms with E-state index in [4.69, 9.17) is 0 Å². The zero-order valence-corrected chi connectivity index (χ0v) is 13.8. The predicted molar refractivity (Wildman–Crippen MR) is 92.8 cm³/mol. The van der Waals surface area contributed by atoms with Gasteiger partial charge in [-0.05, 0) is 24.6 Å². The number of nitrogens with one attached hydrogen (secondary N) is 1. The molecule has 1 aliphatic heterocycles. The summed E-state index contributed by atoms with van der Waals surface area (Å²) >= 11 is 0. The van der Waals surface area contributed by atoms with Crippen LogP contribution in [0.15, 0.2) is 54.9 Å². The fourth-order valence-electron chi connectivity index (χ4n) is 3.39. The van der Waals surface area contributed by atoms with Crippen molar-refractivity contribution in [2.24, 2.45) is 0 Å². The zero-order valence-electron chi connectivity index (χ0n) is 13.8. The number of aliphatic hydroxyl groups excluding tert-OH is 1. The molecule has 0 spiro atoms. The number of hydrogen-bond acceptors (Lipinski definition) is 4. The molecule has 0 saturated carbocycles. The first-order valence-electron chi connectivity index (χ1n) is 8.35. The topological polar surface area (TPSA) is 65.5 Å². The molecule has 1 aromatic carbocycles. The summed E-state index contributed by atoms with van der Waals surface area (Å²) in [5, 5.41) is 13.0.